The van der Waals surface area contributed by atoms with Crippen LogP contribution in [0.25, 0.3) is 11.3 Å². The number of piperazine rings is 1. The van der Waals surface area contributed by atoms with E-state index in [0.29, 0.717) is 10.9 Å². The van der Waals surface area contributed by atoms with Gasteiger partial charge in [0.25, 0.3) is 0 Å². The Labute approximate surface area is 190 Å². The number of hydrogen-bond donors (Lipinski definition) is 0. The zero-order valence-electron chi connectivity index (χ0n) is 17.7. The van der Waals surface area contributed by atoms with Crippen molar-refractivity contribution < 1.29 is 4.79 Å². The molecule has 1 amide bonds. The van der Waals surface area contributed by atoms with Gasteiger partial charge in [-0.05, 0) is 56.6 Å². The molecular weight excluding hydrogens is 419 g/mol. The van der Waals surface area contributed by atoms with Gasteiger partial charge in [-0.15, -0.1) is 12.4 Å². The van der Waals surface area contributed by atoms with Crippen LogP contribution in [-0.2, 0) is 4.79 Å². The lowest BCUT2D eigenvalue weighted by atomic mass is 9.94. The van der Waals surface area contributed by atoms with Crippen LogP contribution in [0.15, 0.2) is 36.5 Å². The Morgan fingerprint density at radius 3 is 2.37 bits per heavy atom. The van der Waals surface area contributed by atoms with Crippen LogP contribution >= 0.6 is 24.0 Å². The van der Waals surface area contributed by atoms with Gasteiger partial charge in [0.1, 0.15) is 0 Å². The van der Waals surface area contributed by atoms with Gasteiger partial charge in [0.2, 0.25) is 5.91 Å². The lowest BCUT2D eigenvalue weighted by molar-refractivity contribution is -0.137. The number of rotatable bonds is 3. The first kappa shape index (κ1) is 22.9. The quantitative estimate of drug-likeness (QED) is 0.707. The highest BCUT2D eigenvalue weighted by atomic mass is 35.5. The van der Waals surface area contributed by atoms with Gasteiger partial charge in [-0.2, -0.15) is 0 Å². The normalized spacial score (nSPS) is 18.2. The van der Waals surface area contributed by atoms with Crippen LogP contribution in [0, 0.1) is 12.8 Å². The predicted molar refractivity (Wildman–Crippen MR) is 126 cm³/mol. The molecule has 0 spiro atoms. The first-order chi connectivity index (χ1) is 14.0. The number of pyridine rings is 1. The summed E-state index contributed by atoms with van der Waals surface area (Å²) in [5.41, 5.74) is 4.13. The fourth-order valence-corrected chi connectivity index (χ4v) is 4.42. The number of carbonyl (C=O) groups is 1. The van der Waals surface area contributed by atoms with Crippen LogP contribution < -0.4 is 4.90 Å². The van der Waals surface area contributed by atoms with E-state index < -0.39 is 0 Å². The van der Waals surface area contributed by atoms with Crippen molar-refractivity contribution in [2.24, 2.45) is 5.92 Å². The smallest absolute Gasteiger partial charge is 0.225 e. The highest BCUT2D eigenvalue weighted by Gasteiger charge is 2.30. The van der Waals surface area contributed by atoms with Crippen LogP contribution in [0.5, 0.6) is 0 Å². The van der Waals surface area contributed by atoms with Gasteiger partial charge >= 0.3 is 0 Å². The number of aromatic nitrogens is 1. The summed E-state index contributed by atoms with van der Waals surface area (Å²) in [6.07, 6.45) is 3.69. The maximum Gasteiger partial charge on any atom is 0.225 e. The average molecular weight is 449 g/mol. The van der Waals surface area contributed by atoms with E-state index >= 15 is 0 Å². The van der Waals surface area contributed by atoms with Gasteiger partial charge in [0.05, 0.1) is 10.7 Å². The van der Waals surface area contributed by atoms with Gasteiger partial charge < -0.3 is 14.7 Å². The molecule has 4 rings (SSSR count). The lowest BCUT2D eigenvalue weighted by Gasteiger charge is -2.38. The number of nitrogens with zero attached hydrogens (tertiary/aromatic N) is 4. The minimum atomic E-state index is 0. The average Bonchev–Trinajstić information content (AvgIpc) is 2.75. The Balaban J connectivity index is 0.00000256. The van der Waals surface area contributed by atoms with E-state index in [4.69, 9.17) is 11.6 Å². The molecule has 7 heteroatoms. The molecule has 2 fully saturated rings. The summed E-state index contributed by atoms with van der Waals surface area (Å²) in [6.45, 7) is 7.50. The highest BCUT2D eigenvalue weighted by Crippen LogP contribution is 2.33. The maximum absolute atomic E-state index is 12.9. The van der Waals surface area contributed by atoms with E-state index in [2.05, 4.69) is 44.9 Å². The summed E-state index contributed by atoms with van der Waals surface area (Å²) in [5, 5.41) is 0.713. The summed E-state index contributed by atoms with van der Waals surface area (Å²) in [7, 11) is 2.12. The number of hydrogen-bond acceptors (Lipinski definition) is 4. The number of halogens is 2. The minimum absolute atomic E-state index is 0. The van der Waals surface area contributed by atoms with Crippen molar-refractivity contribution in [2.45, 2.75) is 19.8 Å². The Morgan fingerprint density at radius 2 is 1.73 bits per heavy atom. The number of benzene rings is 1. The van der Waals surface area contributed by atoms with E-state index in [1.165, 1.54) is 0 Å². The Kier molecular flexibility index (Phi) is 7.61. The van der Waals surface area contributed by atoms with Gasteiger partial charge in [-0.1, -0.05) is 17.7 Å². The zero-order chi connectivity index (χ0) is 20.4. The number of likely N-dealkylation sites (N-methyl/N-ethyl adjacent to an activating group) is 1. The second-order valence-corrected chi connectivity index (χ2v) is 8.68. The number of piperidine rings is 1. The van der Waals surface area contributed by atoms with Crippen molar-refractivity contribution >= 4 is 35.6 Å². The standard InChI is InChI=1S/C23H29ClN4O.ClH/c1-17-3-6-22(25-16-17)20-15-19(4-5-21(20)24)27-9-7-18(8-10-27)23(29)28-13-11-26(2)12-14-28;/h3-6,15-16,18H,7-14H2,1-2H3;1H. The molecule has 2 aromatic rings. The van der Waals surface area contributed by atoms with E-state index in [-0.39, 0.29) is 18.3 Å². The van der Waals surface area contributed by atoms with Crippen LogP contribution in [-0.4, -0.2) is 67.0 Å². The summed E-state index contributed by atoms with van der Waals surface area (Å²) in [5.74, 6) is 0.499. The van der Waals surface area contributed by atoms with Gasteiger partial charge in [-0.3, -0.25) is 9.78 Å². The number of carbonyl (C=O) groups excluding carboxylic acids is 1. The minimum Gasteiger partial charge on any atom is -0.371 e. The van der Waals surface area contributed by atoms with Crippen LogP contribution in [0.1, 0.15) is 18.4 Å². The summed E-state index contributed by atoms with van der Waals surface area (Å²) in [4.78, 5) is 24.1. The Bertz CT molecular complexity index is 858. The summed E-state index contributed by atoms with van der Waals surface area (Å²) in [6, 6.07) is 10.2. The fourth-order valence-electron chi connectivity index (χ4n) is 4.20. The summed E-state index contributed by atoms with van der Waals surface area (Å²) < 4.78 is 0. The molecule has 0 saturated carbocycles. The molecule has 2 aliphatic heterocycles. The molecule has 1 aromatic heterocycles. The lowest BCUT2D eigenvalue weighted by Crippen LogP contribution is -2.50. The molecule has 1 aromatic carbocycles. The molecule has 0 atom stereocenters. The molecule has 0 unspecified atom stereocenters. The van der Waals surface area contributed by atoms with Crippen LogP contribution in [0.4, 0.5) is 5.69 Å². The van der Waals surface area contributed by atoms with E-state index in [1.54, 1.807) is 0 Å². The van der Waals surface area contributed by atoms with Crippen molar-refractivity contribution in [3.05, 3.63) is 47.1 Å². The molecule has 3 heterocycles. The first-order valence-electron chi connectivity index (χ1n) is 10.5. The van der Waals surface area contributed by atoms with E-state index in [9.17, 15) is 4.79 Å². The second kappa shape index (κ2) is 9.99. The molecule has 162 valence electrons. The maximum atomic E-state index is 12.9. The van der Waals surface area contributed by atoms with Crippen molar-refractivity contribution in [3.8, 4) is 11.3 Å². The Hall–Kier alpha value is -1.82. The van der Waals surface area contributed by atoms with Gasteiger partial charge in [-0.25, -0.2) is 0 Å². The fraction of sp³-hybridized carbons (Fsp3) is 0.478. The largest absolute Gasteiger partial charge is 0.371 e. The topological polar surface area (TPSA) is 39.7 Å². The third-order valence-electron chi connectivity index (χ3n) is 6.16. The molecular formula is C23H30Cl2N4O. The number of aryl methyl sites for hydroxylation is 1. The van der Waals surface area contributed by atoms with Crippen molar-refractivity contribution in [2.75, 3.05) is 51.2 Å². The third kappa shape index (κ3) is 5.08. The summed E-state index contributed by atoms with van der Waals surface area (Å²) >= 11 is 6.46. The van der Waals surface area contributed by atoms with Crippen LogP contribution in [0.3, 0.4) is 0 Å². The molecule has 0 radical (unpaired) electrons. The van der Waals surface area contributed by atoms with Crippen molar-refractivity contribution in [3.63, 3.8) is 0 Å². The highest BCUT2D eigenvalue weighted by molar-refractivity contribution is 6.33. The van der Waals surface area contributed by atoms with Crippen molar-refractivity contribution in [1.29, 1.82) is 0 Å². The van der Waals surface area contributed by atoms with E-state index in [0.717, 1.165) is 74.6 Å². The number of anilines is 1. The first-order valence-corrected chi connectivity index (χ1v) is 10.8. The van der Waals surface area contributed by atoms with Gasteiger partial charge in [0, 0.05) is 62.6 Å². The zero-order valence-corrected chi connectivity index (χ0v) is 19.3. The predicted octanol–water partition coefficient (Wildman–Crippen LogP) is 4.12. The molecule has 2 saturated heterocycles. The van der Waals surface area contributed by atoms with E-state index in [1.807, 2.05) is 25.3 Å². The molecule has 2 aliphatic rings. The number of amides is 1. The second-order valence-electron chi connectivity index (χ2n) is 8.27. The van der Waals surface area contributed by atoms with Gasteiger partial charge in [0.15, 0.2) is 0 Å². The Morgan fingerprint density at radius 1 is 1.03 bits per heavy atom. The molecule has 30 heavy (non-hydrogen) atoms. The molecule has 0 bridgehead atoms. The molecule has 5 nitrogen and oxygen atoms in total. The molecule has 0 aliphatic carbocycles. The molecule has 0 N–H and O–H groups in total. The monoisotopic (exact) mass is 448 g/mol. The van der Waals surface area contributed by atoms with Crippen molar-refractivity contribution in [1.82, 2.24) is 14.8 Å². The third-order valence-corrected chi connectivity index (χ3v) is 6.49. The van der Waals surface area contributed by atoms with Crippen LogP contribution in [0.2, 0.25) is 5.02 Å². The SMILES string of the molecule is Cc1ccc(-c2cc(N3CCC(C(=O)N4CCN(C)CC4)CC3)ccc2Cl)nc1.Cl.